The van der Waals surface area contributed by atoms with Crippen LogP contribution < -0.4 is 31.8 Å². The van der Waals surface area contributed by atoms with Gasteiger partial charge in [0.25, 0.3) is 5.56 Å². The van der Waals surface area contributed by atoms with E-state index in [2.05, 4.69) is 10.1 Å². The first-order valence-electron chi connectivity index (χ1n) is 9.85. The molecule has 0 aliphatic rings. The number of aromatic nitrogens is 2. The van der Waals surface area contributed by atoms with Crippen molar-refractivity contribution >= 4 is 17.4 Å². The maximum atomic E-state index is 13.0. The van der Waals surface area contributed by atoms with Crippen LogP contribution in [0.3, 0.4) is 0 Å². The number of hydrogen-bond acceptors (Lipinski definition) is 6. The van der Waals surface area contributed by atoms with Crippen molar-refractivity contribution in [1.29, 1.82) is 0 Å². The molecule has 0 saturated heterocycles. The molecule has 0 spiro atoms. The van der Waals surface area contributed by atoms with Crippen LogP contribution in [0.15, 0.2) is 58.1 Å². The predicted molar refractivity (Wildman–Crippen MR) is 118 cm³/mol. The average Bonchev–Trinajstić information content (AvgIpc) is 2.78. The van der Waals surface area contributed by atoms with Gasteiger partial charge in [0.05, 0.1) is 20.1 Å². The smallest absolute Gasteiger partial charge is 0.497 e. The number of nitrogens with one attached hydrogen (secondary N) is 1. The largest absolute Gasteiger partial charge is 0.573 e. The van der Waals surface area contributed by atoms with Gasteiger partial charge in [0.1, 0.15) is 23.0 Å². The molecule has 0 bridgehead atoms. The number of nitrogens with two attached hydrogens (primary N) is 1. The van der Waals surface area contributed by atoms with Gasteiger partial charge in [-0.15, -0.1) is 13.2 Å². The van der Waals surface area contributed by atoms with E-state index < -0.39 is 29.3 Å². The molecule has 1 amide bonds. The van der Waals surface area contributed by atoms with Crippen LogP contribution in [0, 0.1) is 0 Å². The summed E-state index contributed by atoms with van der Waals surface area (Å²) in [5, 5.41) is 2.37. The third-order valence-corrected chi connectivity index (χ3v) is 4.86. The zero-order chi connectivity index (χ0) is 25.0. The topological polar surface area (TPSA) is 118 Å². The molecule has 180 valence electrons. The molecule has 0 saturated carbocycles. The van der Waals surface area contributed by atoms with Crippen molar-refractivity contribution in [3.63, 3.8) is 0 Å². The summed E-state index contributed by atoms with van der Waals surface area (Å²) in [6.45, 7) is -0.0878. The number of halogens is 3. The second kappa shape index (κ2) is 9.73. The van der Waals surface area contributed by atoms with Crippen LogP contribution in [0.1, 0.15) is 11.1 Å². The Morgan fingerprint density at radius 1 is 1.06 bits per heavy atom. The number of anilines is 2. The molecule has 0 radical (unpaired) electrons. The molecule has 0 aliphatic carbocycles. The highest BCUT2D eigenvalue weighted by atomic mass is 19.4. The van der Waals surface area contributed by atoms with Gasteiger partial charge in [0, 0.05) is 7.05 Å². The molecule has 3 aromatic rings. The third-order valence-electron chi connectivity index (χ3n) is 4.86. The first-order chi connectivity index (χ1) is 16.0. The average molecular weight is 478 g/mol. The van der Waals surface area contributed by atoms with Gasteiger partial charge in [-0.2, -0.15) is 0 Å². The number of benzene rings is 2. The summed E-state index contributed by atoms with van der Waals surface area (Å²) in [6, 6.07) is 11.6. The van der Waals surface area contributed by atoms with Crippen molar-refractivity contribution in [3.05, 3.63) is 80.5 Å². The minimum Gasteiger partial charge on any atom is -0.497 e. The minimum atomic E-state index is -4.88. The molecule has 12 heteroatoms. The highest BCUT2D eigenvalue weighted by molar-refractivity contribution is 5.94. The number of nitrogen functional groups attached to an aromatic ring is 1. The van der Waals surface area contributed by atoms with Crippen molar-refractivity contribution in [1.82, 2.24) is 9.13 Å². The maximum absolute atomic E-state index is 13.0. The molecule has 0 aliphatic heterocycles. The van der Waals surface area contributed by atoms with E-state index in [9.17, 15) is 27.6 Å². The number of methoxy groups -OCH3 is 1. The van der Waals surface area contributed by atoms with Crippen LogP contribution in [0.2, 0.25) is 0 Å². The second-order valence-electron chi connectivity index (χ2n) is 7.26. The number of alkyl halides is 3. The first kappa shape index (κ1) is 24.4. The molecule has 3 rings (SSSR count). The standard InChI is InChI=1S/C22H21F3N4O5/c1-28-19(26)18(20(31)29(21(28)32)12-13-6-8-15(33-2)9-7-13)27-17(30)11-14-4-3-5-16(10-14)34-22(23,24)25/h3-10H,11-12,26H2,1-2H3,(H,27,30). The lowest BCUT2D eigenvalue weighted by atomic mass is 10.1. The number of rotatable bonds is 7. The van der Waals surface area contributed by atoms with Crippen LogP contribution in [0.25, 0.3) is 0 Å². The Bertz CT molecular complexity index is 1310. The Morgan fingerprint density at radius 2 is 1.74 bits per heavy atom. The van der Waals surface area contributed by atoms with E-state index >= 15 is 0 Å². The number of carbonyl (C=O) groups excluding carboxylic acids is 1. The van der Waals surface area contributed by atoms with Crippen LogP contribution in [-0.2, 0) is 24.8 Å². The van der Waals surface area contributed by atoms with E-state index in [1.165, 1.54) is 26.3 Å². The lowest BCUT2D eigenvalue weighted by Crippen LogP contribution is -2.42. The summed E-state index contributed by atoms with van der Waals surface area (Å²) in [5.41, 5.74) is 4.91. The Balaban J connectivity index is 1.85. The Morgan fingerprint density at radius 3 is 2.35 bits per heavy atom. The number of ether oxygens (including phenoxy) is 2. The molecule has 34 heavy (non-hydrogen) atoms. The van der Waals surface area contributed by atoms with Crippen LogP contribution in [0.4, 0.5) is 24.7 Å². The molecular formula is C22H21F3N4O5. The van der Waals surface area contributed by atoms with Gasteiger partial charge in [0.2, 0.25) is 5.91 Å². The summed E-state index contributed by atoms with van der Waals surface area (Å²) in [5.74, 6) is -0.869. The highest BCUT2D eigenvalue weighted by Crippen LogP contribution is 2.23. The number of carbonyl (C=O) groups is 1. The van der Waals surface area contributed by atoms with Crippen molar-refractivity contribution in [3.8, 4) is 11.5 Å². The molecule has 2 aromatic carbocycles. The van der Waals surface area contributed by atoms with Crippen LogP contribution >= 0.6 is 0 Å². The normalized spacial score (nSPS) is 11.2. The van der Waals surface area contributed by atoms with E-state index in [-0.39, 0.29) is 30.0 Å². The van der Waals surface area contributed by atoms with Gasteiger partial charge >= 0.3 is 12.1 Å². The summed E-state index contributed by atoms with van der Waals surface area (Å²) in [6.07, 6.45) is -5.24. The first-order valence-corrected chi connectivity index (χ1v) is 9.85. The second-order valence-corrected chi connectivity index (χ2v) is 7.26. The van der Waals surface area contributed by atoms with Gasteiger partial charge in [0.15, 0.2) is 0 Å². The minimum absolute atomic E-state index is 0.0878. The molecule has 3 N–H and O–H groups in total. The molecular weight excluding hydrogens is 457 g/mol. The van der Waals surface area contributed by atoms with E-state index in [1.807, 2.05) is 0 Å². The molecule has 1 aromatic heterocycles. The van der Waals surface area contributed by atoms with Crippen molar-refractivity contribution in [2.75, 3.05) is 18.2 Å². The SMILES string of the molecule is COc1ccc(Cn2c(=O)c(NC(=O)Cc3cccc(OC(F)(F)F)c3)c(N)n(C)c2=O)cc1. The summed E-state index contributed by atoms with van der Waals surface area (Å²) >= 11 is 0. The Hall–Kier alpha value is -4.22. The third kappa shape index (κ3) is 5.77. The van der Waals surface area contributed by atoms with Gasteiger partial charge in [-0.3, -0.25) is 18.7 Å². The van der Waals surface area contributed by atoms with Crippen molar-refractivity contribution in [2.24, 2.45) is 7.05 Å². The predicted octanol–water partition coefficient (Wildman–Crippen LogP) is 2.27. The highest BCUT2D eigenvalue weighted by Gasteiger charge is 2.31. The summed E-state index contributed by atoms with van der Waals surface area (Å²) in [7, 11) is 2.85. The molecule has 0 fully saturated rings. The zero-order valence-electron chi connectivity index (χ0n) is 18.2. The fourth-order valence-electron chi connectivity index (χ4n) is 3.18. The van der Waals surface area contributed by atoms with Gasteiger partial charge in [-0.1, -0.05) is 24.3 Å². The maximum Gasteiger partial charge on any atom is 0.573 e. The Kier molecular flexibility index (Phi) is 6.99. The molecule has 0 atom stereocenters. The quantitative estimate of drug-likeness (QED) is 0.538. The van der Waals surface area contributed by atoms with Gasteiger partial charge < -0.3 is 20.5 Å². The number of nitrogens with zero attached hydrogens (tertiary/aromatic N) is 2. The lowest BCUT2D eigenvalue weighted by molar-refractivity contribution is -0.274. The van der Waals surface area contributed by atoms with E-state index in [0.29, 0.717) is 11.3 Å². The van der Waals surface area contributed by atoms with Crippen LogP contribution in [0.5, 0.6) is 11.5 Å². The van der Waals surface area contributed by atoms with Gasteiger partial charge in [-0.25, -0.2) is 4.79 Å². The van der Waals surface area contributed by atoms with E-state index in [1.54, 1.807) is 24.3 Å². The fourth-order valence-corrected chi connectivity index (χ4v) is 3.18. The molecule has 1 heterocycles. The Labute approximate surface area is 191 Å². The molecule has 9 nitrogen and oxygen atoms in total. The number of hydrogen-bond donors (Lipinski definition) is 2. The summed E-state index contributed by atoms with van der Waals surface area (Å²) in [4.78, 5) is 38.1. The lowest BCUT2D eigenvalue weighted by Gasteiger charge is -2.15. The number of amides is 1. The summed E-state index contributed by atoms with van der Waals surface area (Å²) < 4.78 is 48.1. The van der Waals surface area contributed by atoms with E-state index in [0.717, 1.165) is 21.3 Å². The van der Waals surface area contributed by atoms with Gasteiger partial charge in [-0.05, 0) is 35.4 Å². The molecule has 0 unspecified atom stereocenters. The van der Waals surface area contributed by atoms with E-state index in [4.69, 9.17) is 10.5 Å². The van der Waals surface area contributed by atoms with Crippen LogP contribution in [-0.4, -0.2) is 28.5 Å². The fraction of sp³-hybridized carbons (Fsp3) is 0.227. The van der Waals surface area contributed by atoms with Crippen molar-refractivity contribution < 1.29 is 27.4 Å². The monoisotopic (exact) mass is 478 g/mol. The van der Waals surface area contributed by atoms with Crippen molar-refractivity contribution in [2.45, 2.75) is 19.3 Å². The zero-order valence-corrected chi connectivity index (χ0v) is 18.2.